The fraction of sp³-hybridized carbons (Fsp3) is 0.500. The Morgan fingerprint density at radius 2 is 2.26 bits per heavy atom. The summed E-state index contributed by atoms with van der Waals surface area (Å²) in [5.74, 6) is -0.685. The van der Waals surface area contributed by atoms with Crippen LogP contribution in [0.15, 0.2) is 12.1 Å². The van der Waals surface area contributed by atoms with Crippen LogP contribution in [0.25, 0.3) is 0 Å². The molecule has 2 heterocycles. The minimum Gasteiger partial charge on any atom is -0.356 e. The maximum atomic E-state index is 12.2. The van der Waals surface area contributed by atoms with Gasteiger partial charge >= 0.3 is 6.18 Å². The molecule has 2 rings (SSSR count). The van der Waals surface area contributed by atoms with Crippen molar-refractivity contribution in [2.24, 2.45) is 5.92 Å². The number of piperidine rings is 1. The van der Waals surface area contributed by atoms with Gasteiger partial charge in [0.2, 0.25) is 5.91 Å². The number of alkyl halides is 3. The van der Waals surface area contributed by atoms with Crippen LogP contribution in [0.3, 0.4) is 0 Å². The molecule has 124 valence electrons. The molecule has 0 aromatic carbocycles. The van der Waals surface area contributed by atoms with E-state index < -0.39 is 24.5 Å². The van der Waals surface area contributed by atoms with E-state index in [4.69, 9.17) is 16.9 Å². The highest BCUT2D eigenvalue weighted by atomic mass is 35.5. The Hall–Kier alpha value is -2.01. The molecule has 1 unspecified atom stereocenters. The molecule has 0 radical (unpaired) electrons. The lowest BCUT2D eigenvalue weighted by molar-refractivity contribution is -0.140. The summed E-state index contributed by atoms with van der Waals surface area (Å²) in [5, 5.41) is 11.1. The summed E-state index contributed by atoms with van der Waals surface area (Å²) in [6, 6.07) is 5.03. The van der Waals surface area contributed by atoms with Gasteiger partial charge in [0.05, 0.1) is 10.9 Å². The van der Waals surface area contributed by atoms with E-state index in [9.17, 15) is 18.0 Å². The van der Waals surface area contributed by atoms with Crippen LogP contribution in [0.1, 0.15) is 18.5 Å². The number of halogens is 4. The third-order valence-corrected chi connectivity index (χ3v) is 3.82. The van der Waals surface area contributed by atoms with E-state index in [1.165, 1.54) is 6.07 Å². The second-order valence-electron chi connectivity index (χ2n) is 5.23. The van der Waals surface area contributed by atoms with Gasteiger partial charge in [0, 0.05) is 13.1 Å². The minimum absolute atomic E-state index is 0.0767. The number of carbonyl (C=O) groups excluding carboxylic acids is 1. The first-order valence-corrected chi connectivity index (χ1v) is 7.34. The van der Waals surface area contributed by atoms with Gasteiger partial charge in [-0.1, -0.05) is 11.6 Å². The highest BCUT2D eigenvalue weighted by Crippen LogP contribution is 2.24. The van der Waals surface area contributed by atoms with E-state index in [2.05, 4.69) is 4.98 Å². The van der Waals surface area contributed by atoms with Crippen LogP contribution < -0.4 is 10.2 Å². The van der Waals surface area contributed by atoms with E-state index in [0.29, 0.717) is 25.2 Å². The lowest BCUT2D eigenvalue weighted by Crippen LogP contribution is -2.45. The minimum atomic E-state index is -4.43. The zero-order valence-corrected chi connectivity index (χ0v) is 12.8. The summed E-state index contributed by atoms with van der Waals surface area (Å²) < 4.78 is 36.5. The number of amides is 1. The monoisotopic (exact) mass is 346 g/mol. The van der Waals surface area contributed by atoms with Gasteiger partial charge in [-0.3, -0.25) is 4.79 Å². The van der Waals surface area contributed by atoms with Crippen LogP contribution in [0, 0.1) is 17.2 Å². The third-order valence-electron chi connectivity index (χ3n) is 3.52. The van der Waals surface area contributed by atoms with Crippen LogP contribution >= 0.6 is 11.6 Å². The van der Waals surface area contributed by atoms with Gasteiger partial charge < -0.3 is 10.2 Å². The van der Waals surface area contributed by atoms with Gasteiger partial charge in [-0.15, -0.1) is 0 Å². The van der Waals surface area contributed by atoms with Gasteiger partial charge in [0.1, 0.15) is 18.4 Å². The van der Waals surface area contributed by atoms with Gasteiger partial charge in [-0.25, -0.2) is 4.98 Å². The first kappa shape index (κ1) is 17.3. The molecule has 1 amide bonds. The summed E-state index contributed by atoms with van der Waals surface area (Å²) in [5.41, 5.74) is 0.0767. The maximum Gasteiger partial charge on any atom is 0.405 e. The molecule has 1 atom stereocenters. The second-order valence-corrected chi connectivity index (χ2v) is 5.64. The SMILES string of the molecule is N#Cc1nc(N2CCCC(C(=O)NCC(F)(F)F)C2)ccc1Cl. The Balaban J connectivity index is 2.03. The molecule has 1 N–H and O–H groups in total. The molecule has 5 nitrogen and oxygen atoms in total. The van der Waals surface area contributed by atoms with Crippen molar-refractivity contribution in [1.29, 1.82) is 5.26 Å². The number of hydrogen-bond acceptors (Lipinski definition) is 4. The summed E-state index contributed by atoms with van der Waals surface area (Å²) in [6.45, 7) is -0.466. The molecule has 1 aliphatic rings. The number of nitrogens with zero attached hydrogens (tertiary/aromatic N) is 3. The van der Waals surface area contributed by atoms with Crippen LogP contribution in [0.2, 0.25) is 5.02 Å². The lowest BCUT2D eigenvalue weighted by Gasteiger charge is -2.33. The molecule has 1 fully saturated rings. The van der Waals surface area contributed by atoms with E-state index in [1.807, 2.05) is 11.4 Å². The number of nitriles is 1. The predicted molar refractivity (Wildman–Crippen MR) is 78.0 cm³/mol. The molecule has 1 saturated heterocycles. The number of rotatable bonds is 3. The van der Waals surface area contributed by atoms with Crippen LogP contribution in [0.4, 0.5) is 19.0 Å². The molecule has 1 aromatic rings. The Bertz CT molecular complexity index is 629. The van der Waals surface area contributed by atoms with Crippen molar-refractivity contribution in [3.05, 3.63) is 22.8 Å². The number of anilines is 1. The Labute approximate surface area is 136 Å². The molecule has 1 aromatic heterocycles. The van der Waals surface area contributed by atoms with Crippen LogP contribution in [0.5, 0.6) is 0 Å². The second kappa shape index (κ2) is 7.04. The van der Waals surface area contributed by atoms with Crippen molar-refractivity contribution < 1.29 is 18.0 Å². The van der Waals surface area contributed by atoms with Crippen molar-refractivity contribution in [3.63, 3.8) is 0 Å². The number of pyridine rings is 1. The largest absolute Gasteiger partial charge is 0.405 e. The zero-order chi connectivity index (χ0) is 17.0. The molecular formula is C14H14ClF3N4O. The van der Waals surface area contributed by atoms with Crippen molar-refractivity contribution >= 4 is 23.3 Å². The lowest BCUT2D eigenvalue weighted by atomic mass is 9.97. The van der Waals surface area contributed by atoms with Crippen LogP contribution in [-0.2, 0) is 4.79 Å². The normalized spacial score (nSPS) is 18.4. The van der Waals surface area contributed by atoms with Crippen molar-refractivity contribution in [1.82, 2.24) is 10.3 Å². The molecule has 9 heteroatoms. The van der Waals surface area contributed by atoms with E-state index in [1.54, 1.807) is 11.0 Å². The highest BCUT2D eigenvalue weighted by molar-refractivity contribution is 6.31. The molecule has 1 aliphatic heterocycles. The molecule has 0 bridgehead atoms. The first-order valence-electron chi connectivity index (χ1n) is 6.96. The van der Waals surface area contributed by atoms with Gasteiger partial charge in [0.15, 0.2) is 5.69 Å². The summed E-state index contributed by atoms with van der Waals surface area (Å²) in [7, 11) is 0. The fourth-order valence-electron chi connectivity index (χ4n) is 2.42. The Morgan fingerprint density at radius 3 is 2.91 bits per heavy atom. The fourth-order valence-corrected chi connectivity index (χ4v) is 2.56. The maximum absolute atomic E-state index is 12.2. The standard InChI is InChI=1S/C14H14ClF3N4O/c15-10-3-4-12(21-11(10)6-19)22-5-1-2-9(7-22)13(23)20-8-14(16,17)18/h3-4,9H,1-2,5,7-8H2,(H,20,23). The van der Waals surface area contributed by atoms with Crippen molar-refractivity contribution in [2.45, 2.75) is 19.0 Å². The molecule has 0 spiro atoms. The quantitative estimate of drug-likeness (QED) is 0.913. The van der Waals surface area contributed by atoms with Gasteiger partial charge in [-0.05, 0) is 25.0 Å². The van der Waals surface area contributed by atoms with Crippen LogP contribution in [-0.4, -0.2) is 36.7 Å². The molecule has 0 saturated carbocycles. The van der Waals surface area contributed by atoms with Crippen molar-refractivity contribution in [3.8, 4) is 6.07 Å². The third kappa shape index (κ3) is 4.73. The van der Waals surface area contributed by atoms with E-state index in [-0.39, 0.29) is 17.3 Å². The van der Waals surface area contributed by atoms with Crippen molar-refractivity contribution in [2.75, 3.05) is 24.5 Å². The number of carbonyl (C=O) groups is 1. The average molecular weight is 347 g/mol. The number of hydrogen-bond donors (Lipinski definition) is 1. The Kier molecular flexibility index (Phi) is 5.31. The molecule has 0 aliphatic carbocycles. The number of aromatic nitrogens is 1. The molecular weight excluding hydrogens is 333 g/mol. The van der Waals surface area contributed by atoms with E-state index >= 15 is 0 Å². The molecule has 23 heavy (non-hydrogen) atoms. The predicted octanol–water partition coefficient (Wildman–Crippen LogP) is 2.50. The van der Waals surface area contributed by atoms with E-state index in [0.717, 1.165) is 0 Å². The first-order chi connectivity index (χ1) is 10.8. The topological polar surface area (TPSA) is 69.0 Å². The summed E-state index contributed by atoms with van der Waals surface area (Å²) in [6.07, 6.45) is -3.27. The smallest absolute Gasteiger partial charge is 0.356 e. The summed E-state index contributed by atoms with van der Waals surface area (Å²) >= 11 is 5.82. The highest BCUT2D eigenvalue weighted by Gasteiger charge is 2.31. The van der Waals surface area contributed by atoms with Gasteiger partial charge in [-0.2, -0.15) is 18.4 Å². The van der Waals surface area contributed by atoms with Gasteiger partial charge in [0.25, 0.3) is 0 Å². The average Bonchev–Trinajstić information content (AvgIpc) is 2.52. The Morgan fingerprint density at radius 1 is 1.52 bits per heavy atom. The number of nitrogens with one attached hydrogen (secondary N) is 1. The zero-order valence-electron chi connectivity index (χ0n) is 12.0. The summed E-state index contributed by atoms with van der Waals surface area (Å²) in [4.78, 5) is 17.8.